The fourth-order valence-corrected chi connectivity index (χ4v) is 1.68. The third-order valence-corrected chi connectivity index (χ3v) is 2.58. The quantitative estimate of drug-likeness (QED) is 0.779. The molecular weight excluding hydrogens is 203 g/mol. The van der Waals surface area contributed by atoms with Gasteiger partial charge >= 0.3 is 0 Å². The highest BCUT2D eigenvalue weighted by atomic mass is 19.1. The molecule has 16 heavy (non-hydrogen) atoms. The zero-order valence-corrected chi connectivity index (χ0v) is 9.71. The van der Waals surface area contributed by atoms with E-state index in [9.17, 15) is 4.39 Å². The van der Waals surface area contributed by atoms with Gasteiger partial charge < -0.3 is 4.98 Å². The lowest BCUT2D eigenvalue weighted by Gasteiger charge is -2.20. The molecule has 2 rings (SSSR count). The van der Waals surface area contributed by atoms with Crippen molar-refractivity contribution in [3.8, 4) is 11.3 Å². The van der Waals surface area contributed by atoms with Crippen LogP contribution in [0.2, 0.25) is 0 Å². The van der Waals surface area contributed by atoms with Crippen LogP contribution in [0.5, 0.6) is 0 Å². The van der Waals surface area contributed by atoms with Crippen molar-refractivity contribution in [2.75, 3.05) is 0 Å². The second kappa shape index (κ2) is 3.74. The summed E-state index contributed by atoms with van der Waals surface area (Å²) in [7, 11) is 0. The van der Waals surface area contributed by atoms with Crippen molar-refractivity contribution >= 4 is 0 Å². The van der Waals surface area contributed by atoms with Gasteiger partial charge in [0.05, 0.1) is 18.2 Å². The van der Waals surface area contributed by atoms with Crippen molar-refractivity contribution in [2.24, 2.45) is 0 Å². The van der Waals surface area contributed by atoms with Crippen LogP contribution in [0.1, 0.15) is 26.3 Å². The van der Waals surface area contributed by atoms with Gasteiger partial charge in [0.15, 0.2) is 0 Å². The van der Waals surface area contributed by atoms with E-state index in [4.69, 9.17) is 0 Å². The maximum Gasteiger partial charge on any atom is 0.126 e. The van der Waals surface area contributed by atoms with Gasteiger partial charge in [-0.2, -0.15) is 0 Å². The van der Waals surface area contributed by atoms with Gasteiger partial charge in [0.2, 0.25) is 0 Å². The van der Waals surface area contributed by atoms with Crippen LogP contribution >= 0.6 is 0 Å². The Morgan fingerprint density at radius 3 is 2.56 bits per heavy atom. The van der Waals surface area contributed by atoms with Crippen molar-refractivity contribution in [1.29, 1.82) is 0 Å². The Morgan fingerprint density at radius 1 is 1.25 bits per heavy atom. The lowest BCUT2D eigenvalue weighted by Crippen LogP contribution is -2.13. The number of H-pyrrole nitrogens is 1. The van der Waals surface area contributed by atoms with Gasteiger partial charge in [-0.05, 0) is 29.2 Å². The molecule has 1 N–H and O–H groups in total. The topological polar surface area (TPSA) is 28.7 Å². The highest BCUT2D eigenvalue weighted by molar-refractivity contribution is 5.59. The largest absolute Gasteiger partial charge is 0.345 e. The Morgan fingerprint density at radius 2 is 2.00 bits per heavy atom. The zero-order valence-electron chi connectivity index (χ0n) is 9.71. The molecule has 0 fully saturated rings. The number of imidazole rings is 1. The maximum atomic E-state index is 13.7. The number of hydrogen-bond donors (Lipinski definition) is 1. The molecule has 3 heteroatoms. The van der Waals surface area contributed by atoms with Crippen LogP contribution in [0.25, 0.3) is 11.3 Å². The fourth-order valence-electron chi connectivity index (χ4n) is 1.68. The van der Waals surface area contributed by atoms with Gasteiger partial charge in [0.1, 0.15) is 5.82 Å². The van der Waals surface area contributed by atoms with E-state index in [2.05, 4.69) is 9.97 Å². The first-order valence-electron chi connectivity index (χ1n) is 5.27. The minimum atomic E-state index is -0.194. The second-order valence-corrected chi connectivity index (χ2v) is 4.91. The summed E-state index contributed by atoms with van der Waals surface area (Å²) in [5.41, 5.74) is 2.40. The van der Waals surface area contributed by atoms with Gasteiger partial charge in [-0.1, -0.05) is 20.8 Å². The van der Waals surface area contributed by atoms with E-state index in [1.165, 1.54) is 6.07 Å². The molecule has 1 aromatic heterocycles. The van der Waals surface area contributed by atoms with Crippen LogP contribution in [-0.2, 0) is 5.41 Å². The standard InChI is InChI=1S/C13H15FN2/c1-13(2,3)10-6-9(4-5-11(10)14)12-7-15-8-16-12/h4-8H,1-3H3,(H,15,16). The van der Waals surface area contributed by atoms with Crippen molar-refractivity contribution in [2.45, 2.75) is 26.2 Å². The summed E-state index contributed by atoms with van der Waals surface area (Å²) >= 11 is 0. The molecule has 0 aliphatic carbocycles. The van der Waals surface area contributed by atoms with Crippen molar-refractivity contribution in [3.63, 3.8) is 0 Å². The number of nitrogens with one attached hydrogen (secondary N) is 1. The molecule has 0 amide bonds. The monoisotopic (exact) mass is 218 g/mol. The molecule has 0 saturated carbocycles. The van der Waals surface area contributed by atoms with Crippen LogP contribution in [0.4, 0.5) is 4.39 Å². The molecule has 0 bridgehead atoms. The van der Waals surface area contributed by atoms with Crippen LogP contribution in [0.15, 0.2) is 30.7 Å². The molecule has 1 heterocycles. The van der Waals surface area contributed by atoms with E-state index in [-0.39, 0.29) is 11.2 Å². The summed E-state index contributed by atoms with van der Waals surface area (Å²) in [6.07, 6.45) is 3.36. The number of nitrogens with zero attached hydrogens (tertiary/aromatic N) is 1. The van der Waals surface area contributed by atoms with E-state index < -0.39 is 0 Å². The Labute approximate surface area is 94.5 Å². The van der Waals surface area contributed by atoms with E-state index >= 15 is 0 Å². The summed E-state index contributed by atoms with van der Waals surface area (Å²) in [6, 6.07) is 5.15. The smallest absolute Gasteiger partial charge is 0.126 e. The van der Waals surface area contributed by atoms with Crippen LogP contribution in [0, 0.1) is 5.82 Å². The fraction of sp³-hybridized carbons (Fsp3) is 0.308. The molecular formula is C13H15FN2. The summed E-state index contributed by atoms with van der Waals surface area (Å²) in [5.74, 6) is -0.157. The van der Waals surface area contributed by atoms with Gasteiger partial charge in [-0.15, -0.1) is 0 Å². The predicted octanol–water partition coefficient (Wildman–Crippen LogP) is 3.51. The van der Waals surface area contributed by atoms with Gasteiger partial charge in [0, 0.05) is 5.56 Å². The van der Waals surface area contributed by atoms with Crippen LogP contribution < -0.4 is 0 Å². The first-order valence-corrected chi connectivity index (χ1v) is 5.27. The average Bonchev–Trinajstić information content (AvgIpc) is 2.69. The molecule has 0 radical (unpaired) electrons. The lowest BCUT2D eigenvalue weighted by atomic mass is 9.85. The Kier molecular flexibility index (Phi) is 2.54. The summed E-state index contributed by atoms with van der Waals surface area (Å²) in [4.78, 5) is 6.98. The Bertz CT molecular complexity index is 481. The number of hydrogen-bond acceptors (Lipinski definition) is 1. The molecule has 0 spiro atoms. The van der Waals surface area contributed by atoms with Crippen LogP contribution in [-0.4, -0.2) is 9.97 Å². The number of halogens is 1. The lowest BCUT2D eigenvalue weighted by molar-refractivity contribution is 0.523. The third-order valence-electron chi connectivity index (χ3n) is 2.58. The second-order valence-electron chi connectivity index (χ2n) is 4.91. The van der Waals surface area contributed by atoms with Gasteiger partial charge in [0.25, 0.3) is 0 Å². The maximum absolute atomic E-state index is 13.7. The van der Waals surface area contributed by atoms with E-state index in [0.717, 1.165) is 16.8 Å². The Balaban J connectivity index is 2.52. The molecule has 0 aliphatic rings. The number of rotatable bonds is 1. The minimum Gasteiger partial charge on any atom is -0.345 e. The summed E-state index contributed by atoms with van der Waals surface area (Å²) in [5, 5.41) is 0. The minimum absolute atomic E-state index is 0.157. The summed E-state index contributed by atoms with van der Waals surface area (Å²) < 4.78 is 13.7. The molecule has 1 aromatic carbocycles. The first-order chi connectivity index (χ1) is 7.48. The molecule has 84 valence electrons. The molecule has 0 saturated heterocycles. The van der Waals surface area contributed by atoms with E-state index in [1.54, 1.807) is 18.6 Å². The average molecular weight is 218 g/mol. The zero-order chi connectivity index (χ0) is 11.8. The Hall–Kier alpha value is -1.64. The molecule has 0 aliphatic heterocycles. The van der Waals surface area contributed by atoms with E-state index in [1.807, 2.05) is 26.8 Å². The van der Waals surface area contributed by atoms with Gasteiger partial charge in [-0.25, -0.2) is 9.37 Å². The number of aromatic amines is 1. The number of aromatic nitrogens is 2. The first kappa shape index (κ1) is 10.9. The molecule has 0 unspecified atom stereocenters. The van der Waals surface area contributed by atoms with Crippen molar-refractivity contribution < 1.29 is 4.39 Å². The normalized spacial score (nSPS) is 11.8. The number of benzene rings is 1. The predicted molar refractivity (Wildman–Crippen MR) is 62.7 cm³/mol. The van der Waals surface area contributed by atoms with E-state index in [0.29, 0.717) is 0 Å². The van der Waals surface area contributed by atoms with Crippen molar-refractivity contribution in [3.05, 3.63) is 42.1 Å². The highest BCUT2D eigenvalue weighted by Gasteiger charge is 2.19. The van der Waals surface area contributed by atoms with Gasteiger partial charge in [-0.3, -0.25) is 0 Å². The molecule has 0 atom stereocenters. The van der Waals surface area contributed by atoms with Crippen molar-refractivity contribution in [1.82, 2.24) is 9.97 Å². The third kappa shape index (κ3) is 1.98. The summed E-state index contributed by atoms with van der Waals surface area (Å²) in [6.45, 7) is 6.01. The highest BCUT2D eigenvalue weighted by Crippen LogP contribution is 2.28. The molecule has 2 aromatic rings. The van der Waals surface area contributed by atoms with Crippen LogP contribution in [0.3, 0.4) is 0 Å². The molecule has 2 nitrogen and oxygen atoms in total. The SMILES string of the molecule is CC(C)(C)c1cc(-c2cnc[nH]2)ccc1F.